The lowest BCUT2D eigenvalue weighted by Crippen LogP contribution is -2.43. The summed E-state index contributed by atoms with van der Waals surface area (Å²) in [5.41, 5.74) is 1.01. The molecule has 1 atom stereocenters. The van der Waals surface area contributed by atoms with Crippen LogP contribution < -0.4 is 5.32 Å². The molecule has 0 saturated carbocycles. The van der Waals surface area contributed by atoms with Crippen LogP contribution in [0.3, 0.4) is 0 Å². The molecule has 0 radical (unpaired) electrons. The van der Waals surface area contributed by atoms with E-state index in [4.69, 9.17) is 0 Å². The monoisotopic (exact) mass is 262 g/mol. The minimum Gasteiger partial charge on any atom is -0.346 e. The fourth-order valence-corrected chi connectivity index (χ4v) is 2.75. The first-order valence-corrected chi connectivity index (χ1v) is 6.92. The van der Waals surface area contributed by atoms with Crippen LogP contribution in [-0.2, 0) is 4.79 Å². The third-order valence-corrected chi connectivity index (χ3v) is 3.75. The van der Waals surface area contributed by atoms with Crippen LogP contribution >= 0.6 is 11.8 Å². The van der Waals surface area contributed by atoms with Crippen molar-refractivity contribution in [1.82, 2.24) is 5.32 Å². The molecule has 96 valence electrons. The maximum atomic E-state index is 12.0. The molecule has 0 aromatic heterocycles. The van der Waals surface area contributed by atoms with Gasteiger partial charge in [0.1, 0.15) is 0 Å². The Balaban J connectivity index is 1.98. The minimum absolute atomic E-state index is 0.0640. The predicted octanol–water partition coefficient (Wildman–Crippen LogP) is 2.79. The van der Waals surface area contributed by atoms with E-state index in [2.05, 4.69) is 22.4 Å². The maximum Gasteiger partial charge on any atom is 0.276 e. The van der Waals surface area contributed by atoms with E-state index in [0.717, 1.165) is 0 Å². The van der Waals surface area contributed by atoms with Crippen LogP contribution in [0.5, 0.6) is 0 Å². The molecule has 2 rings (SSSR count). The molecule has 0 saturated heterocycles. The highest BCUT2D eigenvalue weighted by atomic mass is 32.2. The number of nitrogens with one attached hydrogen (secondary N) is 1. The van der Waals surface area contributed by atoms with E-state index in [1.54, 1.807) is 11.8 Å². The number of carbonyl (C=O) groups excluding carboxylic acids is 1. The molecule has 4 heteroatoms. The van der Waals surface area contributed by atoms with Crippen LogP contribution in [-0.4, -0.2) is 23.0 Å². The molecular weight excluding hydrogens is 244 g/mol. The molecule has 1 amide bonds. The molecule has 0 spiro atoms. The Morgan fingerprint density at radius 2 is 2.00 bits per heavy atom. The van der Waals surface area contributed by atoms with Crippen molar-refractivity contribution in [2.75, 3.05) is 6.54 Å². The molecule has 18 heavy (non-hydrogen) atoms. The van der Waals surface area contributed by atoms with Crippen LogP contribution in [0.15, 0.2) is 35.3 Å². The third kappa shape index (κ3) is 3.35. The number of rotatable bonds is 2. The topological polar surface area (TPSA) is 41.5 Å². The Hall–Kier alpha value is -1.29. The van der Waals surface area contributed by atoms with Crippen LogP contribution in [0, 0.1) is 0 Å². The summed E-state index contributed by atoms with van der Waals surface area (Å²) in [7, 11) is 0. The molecule has 1 aliphatic heterocycles. The number of amides is 1. The van der Waals surface area contributed by atoms with Gasteiger partial charge in [-0.15, -0.1) is 0 Å². The first kappa shape index (κ1) is 13.1. The van der Waals surface area contributed by atoms with Crippen LogP contribution in [0.4, 0.5) is 0 Å². The van der Waals surface area contributed by atoms with Crippen molar-refractivity contribution in [3.63, 3.8) is 0 Å². The summed E-state index contributed by atoms with van der Waals surface area (Å²) in [5, 5.41) is 3.81. The Morgan fingerprint density at radius 3 is 2.61 bits per heavy atom. The Morgan fingerprint density at radius 1 is 1.33 bits per heavy atom. The molecule has 0 unspecified atom stereocenters. The highest BCUT2D eigenvalue weighted by molar-refractivity contribution is 8.16. The standard InChI is InChI=1S/C14H18N2OS/c1-14(2,3)16-12(17)13-15-9-11(18-13)10-7-5-4-6-8-10/h4-8,11H,9H2,1-3H3,(H,16,17)/t11-/m0/s1. The number of nitrogens with zero attached hydrogens (tertiary/aromatic N) is 1. The quantitative estimate of drug-likeness (QED) is 0.890. The van der Waals surface area contributed by atoms with Crippen molar-refractivity contribution >= 4 is 22.7 Å². The zero-order chi connectivity index (χ0) is 13.2. The normalized spacial score (nSPS) is 19.5. The number of thioether (sulfide) groups is 1. The lowest BCUT2D eigenvalue weighted by molar-refractivity contribution is -0.115. The van der Waals surface area contributed by atoms with Gasteiger partial charge in [-0.25, -0.2) is 0 Å². The molecule has 1 heterocycles. The van der Waals surface area contributed by atoms with Crippen molar-refractivity contribution in [1.29, 1.82) is 0 Å². The average molecular weight is 262 g/mol. The van der Waals surface area contributed by atoms with Crippen molar-refractivity contribution in [3.8, 4) is 0 Å². The van der Waals surface area contributed by atoms with Gasteiger partial charge in [0, 0.05) is 5.54 Å². The van der Waals surface area contributed by atoms with Crippen molar-refractivity contribution in [3.05, 3.63) is 35.9 Å². The van der Waals surface area contributed by atoms with Gasteiger partial charge in [0.2, 0.25) is 0 Å². The van der Waals surface area contributed by atoms with E-state index in [-0.39, 0.29) is 16.7 Å². The Labute approximate surface area is 112 Å². The van der Waals surface area contributed by atoms with E-state index >= 15 is 0 Å². The van der Waals surface area contributed by atoms with Gasteiger partial charge < -0.3 is 5.32 Å². The summed E-state index contributed by atoms with van der Waals surface area (Å²) in [6, 6.07) is 10.2. The number of benzene rings is 1. The fraction of sp³-hybridized carbons (Fsp3) is 0.429. The zero-order valence-electron chi connectivity index (χ0n) is 10.9. The zero-order valence-corrected chi connectivity index (χ0v) is 11.8. The van der Waals surface area contributed by atoms with E-state index in [1.165, 1.54) is 5.56 Å². The van der Waals surface area contributed by atoms with E-state index in [1.807, 2.05) is 39.0 Å². The second kappa shape index (κ2) is 5.14. The Bertz CT molecular complexity index is 462. The lowest BCUT2D eigenvalue weighted by Gasteiger charge is -2.20. The van der Waals surface area contributed by atoms with Gasteiger partial charge in [-0.05, 0) is 26.3 Å². The number of carbonyl (C=O) groups is 1. The van der Waals surface area contributed by atoms with Gasteiger partial charge in [0.05, 0.1) is 11.8 Å². The molecule has 1 aromatic carbocycles. The molecule has 1 aliphatic rings. The smallest absolute Gasteiger partial charge is 0.276 e. The number of aliphatic imine (C=N–C) groups is 1. The van der Waals surface area contributed by atoms with Gasteiger partial charge in [0.15, 0.2) is 5.04 Å². The second-order valence-electron chi connectivity index (χ2n) is 5.37. The number of hydrogen-bond donors (Lipinski definition) is 1. The van der Waals surface area contributed by atoms with E-state index in [9.17, 15) is 4.79 Å². The SMILES string of the molecule is CC(C)(C)NC(=O)C1=NC[C@@H](c2ccccc2)S1. The summed E-state index contributed by atoms with van der Waals surface area (Å²) in [6.45, 7) is 6.60. The van der Waals surface area contributed by atoms with Gasteiger partial charge in [-0.1, -0.05) is 42.1 Å². The van der Waals surface area contributed by atoms with Gasteiger partial charge in [0.25, 0.3) is 5.91 Å². The summed E-state index contributed by atoms with van der Waals surface area (Å²) in [6.07, 6.45) is 0. The van der Waals surface area contributed by atoms with Gasteiger partial charge in [-0.3, -0.25) is 9.79 Å². The minimum atomic E-state index is -0.217. The lowest BCUT2D eigenvalue weighted by atomic mass is 10.1. The summed E-state index contributed by atoms with van der Waals surface area (Å²) < 4.78 is 0. The van der Waals surface area contributed by atoms with Gasteiger partial charge >= 0.3 is 0 Å². The largest absolute Gasteiger partial charge is 0.346 e. The molecule has 0 fully saturated rings. The first-order valence-electron chi connectivity index (χ1n) is 6.04. The third-order valence-electron chi connectivity index (χ3n) is 2.51. The molecule has 1 aromatic rings. The van der Waals surface area contributed by atoms with E-state index in [0.29, 0.717) is 11.6 Å². The molecule has 0 bridgehead atoms. The Kier molecular flexibility index (Phi) is 3.76. The number of hydrogen-bond acceptors (Lipinski definition) is 3. The fourth-order valence-electron chi connectivity index (χ4n) is 1.74. The highest BCUT2D eigenvalue weighted by Crippen LogP contribution is 2.35. The molecule has 3 nitrogen and oxygen atoms in total. The highest BCUT2D eigenvalue weighted by Gasteiger charge is 2.27. The maximum absolute atomic E-state index is 12.0. The van der Waals surface area contributed by atoms with Gasteiger partial charge in [-0.2, -0.15) is 0 Å². The molecular formula is C14H18N2OS. The second-order valence-corrected chi connectivity index (χ2v) is 6.56. The molecule has 1 N–H and O–H groups in total. The van der Waals surface area contributed by atoms with Crippen molar-refractivity contribution in [2.24, 2.45) is 4.99 Å². The van der Waals surface area contributed by atoms with Crippen molar-refractivity contribution < 1.29 is 4.79 Å². The summed E-state index contributed by atoms with van der Waals surface area (Å²) in [5.74, 6) is -0.0640. The summed E-state index contributed by atoms with van der Waals surface area (Å²) in [4.78, 5) is 16.3. The average Bonchev–Trinajstić information content (AvgIpc) is 2.77. The van der Waals surface area contributed by atoms with Crippen LogP contribution in [0.25, 0.3) is 0 Å². The first-order chi connectivity index (χ1) is 8.46. The molecule has 0 aliphatic carbocycles. The van der Waals surface area contributed by atoms with Crippen LogP contribution in [0.1, 0.15) is 31.6 Å². The van der Waals surface area contributed by atoms with Crippen molar-refractivity contribution in [2.45, 2.75) is 31.6 Å². The summed E-state index contributed by atoms with van der Waals surface area (Å²) >= 11 is 1.55. The predicted molar refractivity (Wildman–Crippen MR) is 77.0 cm³/mol. The van der Waals surface area contributed by atoms with Crippen LogP contribution in [0.2, 0.25) is 0 Å². The van der Waals surface area contributed by atoms with E-state index < -0.39 is 0 Å².